The lowest BCUT2D eigenvalue weighted by Gasteiger charge is -2.33. The lowest BCUT2D eigenvalue weighted by molar-refractivity contribution is -0.152. The van der Waals surface area contributed by atoms with E-state index in [0.29, 0.717) is 25.9 Å². The molecular weight excluding hydrogens is 420 g/mol. The highest BCUT2D eigenvalue weighted by Gasteiger charge is 2.47. The number of fused-ring (bicyclic) bond motifs is 3. The Balaban J connectivity index is 1.12. The molecule has 7 heteroatoms. The van der Waals surface area contributed by atoms with Crippen LogP contribution in [0.3, 0.4) is 0 Å². The Hall–Kier alpha value is -3.35. The molecule has 2 aromatic rings. The molecule has 0 bridgehead atoms. The van der Waals surface area contributed by atoms with Crippen LogP contribution in [0.1, 0.15) is 42.7 Å². The molecule has 2 aromatic carbocycles. The summed E-state index contributed by atoms with van der Waals surface area (Å²) in [5.74, 6) is -1.20. The number of amides is 2. The fourth-order valence-corrected chi connectivity index (χ4v) is 5.30. The van der Waals surface area contributed by atoms with Crippen LogP contribution in [-0.4, -0.2) is 53.7 Å². The summed E-state index contributed by atoms with van der Waals surface area (Å²) < 4.78 is 5.56. The van der Waals surface area contributed by atoms with E-state index in [4.69, 9.17) is 4.74 Å². The number of hydrogen-bond acceptors (Lipinski definition) is 4. The fraction of sp³-hybridized carbons (Fsp3) is 0.423. The second kappa shape index (κ2) is 8.89. The summed E-state index contributed by atoms with van der Waals surface area (Å²) in [5.41, 5.74) is 4.68. The summed E-state index contributed by atoms with van der Waals surface area (Å²) in [6.07, 6.45) is 2.36. The minimum Gasteiger partial charge on any atom is -0.480 e. The summed E-state index contributed by atoms with van der Waals surface area (Å²) in [6, 6.07) is 15.6. The number of likely N-dealkylation sites (tertiary alicyclic amines) is 1. The van der Waals surface area contributed by atoms with E-state index in [1.165, 1.54) is 16.0 Å². The van der Waals surface area contributed by atoms with E-state index in [0.717, 1.165) is 24.0 Å². The van der Waals surface area contributed by atoms with Crippen LogP contribution in [0.2, 0.25) is 0 Å². The lowest BCUT2D eigenvalue weighted by Crippen LogP contribution is -2.48. The number of carbonyl (C=O) groups excluding carboxylic acids is 2. The zero-order valence-electron chi connectivity index (χ0n) is 18.4. The number of carboxylic acid groups (broad SMARTS) is 1. The van der Waals surface area contributed by atoms with Crippen LogP contribution in [0.15, 0.2) is 48.5 Å². The zero-order valence-corrected chi connectivity index (χ0v) is 18.4. The van der Waals surface area contributed by atoms with Crippen LogP contribution in [0, 0.1) is 11.8 Å². The van der Waals surface area contributed by atoms with Crippen molar-refractivity contribution in [2.75, 3.05) is 19.7 Å². The molecule has 0 spiro atoms. The number of hydrogen-bond donors (Lipinski definition) is 2. The maximum atomic E-state index is 12.8. The fourth-order valence-electron chi connectivity index (χ4n) is 5.30. The molecule has 2 N–H and O–H groups in total. The summed E-state index contributed by atoms with van der Waals surface area (Å²) in [6.45, 7) is 1.11. The minimum atomic E-state index is -0.933. The number of nitrogens with one attached hydrogen (secondary N) is 1. The highest BCUT2D eigenvalue weighted by molar-refractivity contribution is 5.87. The third-order valence-electron chi connectivity index (χ3n) is 7.16. The number of alkyl carbamates (subject to hydrolysis) is 1. The Morgan fingerprint density at radius 1 is 1.00 bits per heavy atom. The normalized spacial score (nSPS) is 23.4. The molecule has 3 atom stereocenters. The van der Waals surface area contributed by atoms with Crippen molar-refractivity contribution in [1.82, 2.24) is 10.2 Å². The standard InChI is InChI=1S/C26H28N2O5/c29-24(28-12-6-5-11-23(28)25(30)31)21-13-16(21)14-27-26(32)33-15-22-19-9-3-1-7-17(19)18-8-2-4-10-20(18)22/h1-4,7-10,16,21-23H,5-6,11-15H2,(H,27,32)(H,30,31)/t16-,21-,23?/m0/s1. The van der Waals surface area contributed by atoms with E-state index < -0.39 is 18.1 Å². The summed E-state index contributed by atoms with van der Waals surface area (Å²) in [4.78, 5) is 38.1. The maximum absolute atomic E-state index is 12.8. The monoisotopic (exact) mass is 448 g/mol. The molecule has 3 aliphatic rings. The second-order valence-electron chi connectivity index (χ2n) is 9.19. The molecule has 2 aliphatic carbocycles. The van der Waals surface area contributed by atoms with Crippen molar-refractivity contribution < 1.29 is 24.2 Å². The van der Waals surface area contributed by atoms with Gasteiger partial charge in [-0.05, 0) is 53.9 Å². The van der Waals surface area contributed by atoms with E-state index in [9.17, 15) is 19.5 Å². The van der Waals surface area contributed by atoms with Gasteiger partial charge in [-0.1, -0.05) is 48.5 Å². The number of carboxylic acids is 1. The van der Waals surface area contributed by atoms with Crippen molar-refractivity contribution >= 4 is 18.0 Å². The molecule has 2 amide bonds. The van der Waals surface area contributed by atoms with Gasteiger partial charge in [0.2, 0.25) is 5.91 Å². The molecule has 1 unspecified atom stereocenters. The van der Waals surface area contributed by atoms with E-state index in [1.54, 1.807) is 0 Å². The van der Waals surface area contributed by atoms with Crippen molar-refractivity contribution in [3.63, 3.8) is 0 Å². The molecule has 2 fully saturated rings. The molecule has 0 aromatic heterocycles. The molecule has 0 radical (unpaired) electrons. The van der Waals surface area contributed by atoms with E-state index in [2.05, 4.69) is 29.6 Å². The molecule has 172 valence electrons. The van der Waals surface area contributed by atoms with Gasteiger partial charge >= 0.3 is 12.1 Å². The minimum absolute atomic E-state index is 0.00505. The molecule has 1 aliphatic heterocycles. The van der Waals surface area contributed by atoms with Crippen molar-refractivity contribution in [3.8, 4) is 11.1 Å². The van der Waals surface area contributed by atoms with Crippen LogP contribution < -0.4 is 5.32 Å². The molecule has 1 saturated carbocycles. The SMILES string of the molecule is O=C(NC[C@@H]1C[C@@H]1C(=O)N1CCCCC1C(=O)O)OCC1c2ccccc2-c2ccccc21. The van der Waals surface area contributed by atoms with Gasteiger partial charge in [-0.25, -0.2) is 9.59 Å². The van der Waals surface area contributed by atoms with Crippen LogP contribution in [-0.2, 0) is 14.3 Å². The van der Waals surface area contributed by atoms with Crippen LogP contribution in [0.4, 0.5) is 4.79 Å². The van der Waals surface area contributed by atoms with E-state index in [-0.39, 0.29) is 30.3 Å². The predicted octanol–water partition coefficient (Wildman–Crippen LogP) is 3.63. The number of ether oxygens (including phenoxy) is 1. The van der Waals surface area contributed by atoms with Gasteiger partial charge in [-0.15, -0.1) is 0 Å². The summed E-state index contributed by atoms with van der Waals surface area (Å²) in [5, 5.41) is 12.2. The summed E-state index contributed by atoms with van der Waals surface area (Å²) in [7, 11) is 0. The Morgan fingerprint density at radius 2 is 1.67 bits per heavy atom. The van der Waals surface area contributed by atoms with Gasteiger partial charge in [0.15, 0.2) is 0 Å². The smallest absolute Gasteiger partial charge is 0.407 e. The first-order valence-electron chi connectivity index (χ1n) is 11.7. The van der Waals surface area contributed by atoms with E-state index >= 15 is 0 Å². The number of carbonyl (C=O) groups is 3. The third-order valence-corrected chi connectivity index (χ3v) is 7.16. The highest BCUT2D eigenvalue weighted by atomic mass is 16.5. The maximum Gasteiger partial charge on any atom is 0.407 e. The summed E-state index contributed by atoms with van der Waals surface area (Å²) >= 11 is 0. The average Bonchev–Trinajstić information content (AvgIpc) is 3.55. The Kier molecular flexibility index (Phi) is 5.79. The Morgan fingerprint density at radius 3 is 2.33 bits per heavy atom. The molecule has 7 nitrogen and oxygen atoms in total. The van der Waals surface area contributed by atoms with E-state index in [1.807, 2.05) is 24.3 Å². The highest BCUT2D eigenvalue weighted by Crippen LogP contribution is 2.44. The van der Waals surface area contributed by atoms with Crippen LogP contribution in [0.25, 0.3) is 11.1 Å². The molecule has 1 heterocycles. The average molecular weight is 449 g/mol. The first kappa shape index (κ1) is 21.5. The predicted molar refractivity (Wildman–Crippen MR) is 122 cm³/mol. The first-order chi connectivity index (χ1) is 16.0. The number of benzene rings is 2. The first-order valence-corrected chi connectivity index (χ1v) is 11.7. The van der Waals surface area contributed by atoms with Gasteiger partial charge in [0.05, 0.1) is 0 Å². The Bertz CT molecular complexity index is 1040. The van der Waals surface area contributed by atoms with Gasteiger partial charge in [0.25, 0.3) is 0 Å². The van der Waals surface area contributed by atoms with Gasteiger partial charge < -0.3 is 20.1 Å². The zero-order chi connectivity index (χ0) is 22.9. The topological polar surface area (TPSA) is 95.9 Å². The van der Waals surface area contributed by atoms with Crippen molar-refractivity contribution in [3.05, 3.63) is 59.7 Å². The van der Waals surface area contributed by atoms with Crippen molar-refractivity contribution in [1.29, 1.82) is 0 Å². The lowest BCUT2D eigenvalue weighted by atomic mass is 9.98. The van der Waals surface area contributed by atoms with Gasteiger partial charge in [0.1, 0.15) is 12.6 Å². The van der Waals surface area contributed by atoms with Crippen LogP contribution >= 0.6 is 0 Å². The number of aliphatic carboxylic acids is 1. The van der Waals surface area contributed by atoms with Gasteiger partial charge in [0, 0.05) is 24.9 Å². The quantitative estimate of drug-likeness (QED) is 0.704. The number of piperidine rings is 1. The van der Waals surface area contributed by atoms with Crippen LogP contribution in [0.5, 0.6) is 0 Å². The van der Waals surface area contributed by atoms with Gasteiger partial charge in [-0.2, -0.15) is 0 Å². The van der Waals surface area contributed by atoms with Crippen molar-refractivity contribution in [2.24, 2.45) is 11.8 Å². The van der Waals surface area contributed by atoms with Crippen molar-refractivity contribution in [2.45, 2.75) is 37.6 Å². The molecule has 33 heavy (non-hydrogen) atoms. The molecular formula is C26H28N2O5. The van der Waals surface area contributed by atoms with Gasteiger partial charge in [-0.3, -0.25) is 4.79 Å². The molecule has 1 saturated heterocycles. The Labute approximate surface area is 192 Å². The second-order valence-corrected chi connectivity index (χ2v) is 9.19. The number of nitrogens with zero attached hydrogens (tertiary/aromatic N) is 1. The third kappa shape index (κ3) is 4.19. The number of rotatable bonds is 6. The molecule has 5 rings (SSSR count). The largest absolute Gasteiger partial charge is 0.480 e.